The van der Waals surface area contributed by atoms with Crippen molar-refractivity contribution in [3.05, 3.63) is 0 Å². The fourth-order valence-electron chi connectivity index (χ4n) is 3.23. The lowest BCUT2D eigenvalue weighted by Gasteiger charge is -2.27. The molecule has 1 aliphatic heterocycles. The molecular weight excluding hydrogens is 286 g/mol. The van der Waals surface area contributed by atoms with Crippen LogP contribution in [-0.4, -0.2) is 40.8 Å². The van der Waals surface area contributed by atoms with E-state index in [4.69, 9.17) is 17.0 Å². The van der Waals surface area contributed by atoms with E-state index in [9.17, 15) is 9.59 Å². The molecule has 4 nitrogen and oxygen atoms in total. The maximum atomic E-state index is 12.5. The molecule has 5 heteroatoms. The molecular formula is C16H25NO3S. The van der Waals surface area contributed by atoms with Gasteiger partial charge in [-0.15, -0.1) is 0 Å². The van der Waals surface area contributed by atoms with Crippen molar-refractivity contribution in [1.29, 1.82) is 0 Å². The molecule has 0 bridgehead atoms. The van der Waals surface area contributed by atoms with Gasteiger partial charge in [0.1, 0.15) is 6.04 Å². The average Bonchev–Trinajstić information content (AvgIpc) is 3.01. The molecule has 1 saturated carbocycles. The highest BCUT2D eigenvalue weighted by Gasteiger charge is 2.38. The monoisotopic (exact) mass is 311 g/mol. The molecule has 21 heavy (non-hydrogen) atoms. The number of hydrogen-bond donors (Lipinski definition) is 0. The van der Waals surface area contributed by atoms with Gasteiger partial charge in [0.2, 0.25) is 5.78 Å². The number of rotatable bonds is 5. The summed E-state index contributed by atoms with van der Waals surface area (Å²) in [7, 11) is 0. The summed E-state index contributed by atoms with van der Waals surface area (Å²) >= 11 is 5.29. The van der Waals surface area contributed by atoms with Gasteiger partial charge in [-0.3, -0.25) is 9.59 Å². The van der Waals surface area contributed by atoms with Crippen LogP contribution in [0.4, 0.5) is 0 Å². The average molecular weight is 311 g/mol. The first-order valence-corrected chi connectivity index (χ1v) is 8.57. The van der Waals surface area contributed by atoms with Crippen LogP contribution >= 0.6 is 12.2 Å². The fraction of sp³-hybridized carbons (Fsp3) is 0.812. The number of thiocarbonyl (C=S) groups is 1. The lowest BCUT2D eigenvalue weighted by molar-refractivity contribution is -0.147. The summed E-state index contributed by atoms with van der Waals surface area (Å²) in [6.07, 6.45) is 7.62. The van der Waals surface area contributed by atoms with Crippen molar-refractivity contribution in [2.24, 2.45) is 5.92 Å². The molecule has 0 radical (unpaired) electrons. The number of Topliss-reactive ketones (excluding diaryl/α,β-unsaturated/α-hetero) is 1. The van der Waals surface area contributed by atoms with E-state index in [0.29, 0.717) is 18.2 Å². The van der Waals surface area contributed by atoms with Crippen molar-refractivity contribution < 1.29 is 14.3 Å². The number of nitrogens with zero attached hydrogens (tertiary/aromatic N) is 1. The van der Waals surface area contributed by atoms with Crippen LogP contribution in [0.1, 0.15) is 58.3 Å². The van der Waals surface area contributed by atoms with E-state index in [-0.39, 0.29) is 23.7 Å². The van der Waals surface area contributed by atoms with Crippen molar-refractivity contribution in [1.82, 2.24) is 4.90 Å². The number of ketones is 1. The standard InChI is InChI=1S/C16H25NO3S/c1-2-11-20-16(21)13-9-6-10-17(13)15(19)14(18)12-7-4-3-5-8-12/h12-13H,2-11H2,1H3/t13-/m0/s1. The molecule has 0 aromatic carbocycles. The Hall–Kier alpha value is -0.970. The molecule has 1 saturated heterocycles. The van der Waals surface area contributed by atoms with Gasteiger partial charge in [-0.05, 0) is 44.3 Å². The van der Waals surface area contributed by atoms with Gasteiger partial charge < -0.3 is 9.64 Å². The summed E-state index contributed by atoms with van der Waals surface area (Å²) in [5, 5.41) is 0.471. The summed E-state index contributed by atoms with van der Waals surface area (Å²) in [5.41, 5.74) is 0. The quantitative estimate of drug-likeness (QED) is 0.578. The zero-order valence-electron chi connectivity index (χ0n) is 12.8. The van der Waals surface area contributed by atoms with Gasteiger partial charge in [-0.1, -0.05) is 26.2 Å². The molecule has 0 aromatic heterocycles. The highest BCUT2D eigenvalue weighted by atomic mass is 32.1. The molecule has 1 amide bonds. The molecule has 1 heterocycles. The predicted octanol–water partition coefficient (Wildman–Crippen LogP) is 2.88. The largest absolute Gasteiger partial charge is 0.485 e. The molecule has 1 aliphatic carbocycles. The van der Waals surface area contributed by atoms with E-state index in [2.05, 4.69) is 0 Å². The molecule has 118 valence electrons. The van der Waals surface area contributed by atoms with Crippen LogP contribution in [0.2, 0.25) is 0 Å². The van der Waals surface area contributed by atoms with Crippen molar-refractivity contribution in [3.63, 3.8) is 0 Å². The highest BCUT2D eigenvalue weighted by Crippen LogP contribution is 2.27. The molecule has 0 N–H and O–H groups in total. The number of carbonyl (C=O) groups is 2. The summed E-state index contributed by atoms with van der Waals surface area (Å²) in [6.45, 7) is 3.22. The molecule has 2 rings (SSSR count). The van der Waals surface area contributed by atoms with Crippen LogP contribution in [0.3, 0.4) is 0 Å². The van der Waals surface area contributed by atoms with Gasteiger partial charge in [0.05, 0.1) is 6.61 Å². The van der Waals surface area contributed by atoms with Crippen LogP contribution in [-0.2, 0) is 14.3 Å². The Labute approximate surface area is 132 Å². The van der Waals surface area contributed by atoms with Crippen LogP contribution in [0.15, 0.2) is 0 Å². The summed E-state index contributed by atoms with van der Waals surface area (Å²) < 4.78 is 5.51. The lowest BCUT2D eigenvalue weighted by Crippen LogP contribution is -2.46. The normalized spacial score (nSPS) is 23.1. The van der Waals surface area contributed by atoms with Gasteiger partial charge >= 0.3 is 0 Å². The first-order chi connectivity index (χ1) is 10.1. The Morgan fingerprint density at radius 3 is 2.52 bits per heavy atom. The van der Waals surface area contributed by atoms with Gasteiger partial charge in [0.25, 0.3) is 5.91 Å². The summed E-state index contributed by atoms with van der Waals surface area (Å²) in [4.78, 5) is 26.5. The summed E-state index contributed by atoms with van der Waals surface area (Å²) in [5.74, 6) is -0.621. The van der Waals surface area contributed by atoms with E-state index >= 15 is 0 Å². The van der Waals surface area contributed by atoms with E-state index in [1.54, 1.807) is 4.90 Å². The van der Waals surface area contributed by atoms with Crippen LogP contribution in [0.5, 0.6) is 0 Å². The lowest BCUT2D eigenvalue weighted by atomic mass is 9.86. The Morgan fingerprint density at radius 2 is 1.86 bits per heavy atom. The first kappa shape index (κ1) is 16.4. The minimum absolute atomic E-state index is 0.0716. The highest BCUT2D eigenvalue weighted by molar-refractivity contribution is 7.80. The molecule has 0 aromatic rings. The minimum Gasteiger partial charge on any atom is -0.485 e. The van der Waals surface area contributed by atoms with Gasteiger partial charge in [0, 0.05) is 12.5 Å². The third-order valence-electron chi connectivity index (χ3n) is 4.42. The Morgan fingerprint density at radius 1 is 1.14 bits per heavy atom. The molecule has 0 spiro atoms. The van der Waals surface area contributed by atoms with Crippen molar-refractivity contribution in [2.45, 2.75) is 64.3 Å². The number of carbonyl (C=O) groups excluding carboxylic acids is 2. The Bertz CT molecular complexity index is 404. The SMILES string of the molecule is CCCOC(=S)[C@@H]1CCCN1C(=O)C(=O)C1CCCCC1. The molecule has 2 fully saturated rings. The molecule has 1 atom stereocenters. The second-order valence-corrected chi connectivity index (χ2v) is 6.43. The molecule has 0 unspecified atom stereocenters. The van der Waals surface area contributed by atoms with Gasteiger partial charge in [0.15, 0.2) is 5.05 Å². The predicted molar refractivity (Wildman–Crippen MR) is 85.2 cm³/mol. The third-order valence-corrected chi connectivity index (χ3v) is 4.81. The Kier molecular flexibility index (Phi) is 6.15. The van der Waals surface area contributed by atoms with E-state index in [0.717, 1.165) is 44.9 Å². The maximum absolute atomic E-state index is 12.5. The number of hydrogen-bond acceptors (Lipinski definition) is 4. The maximum Gasteiger partial charge on any atom is 0.290 e. The topological polar surface area (TPSA) is 46.6 Å². The van der Waals surface area contributed by atoms with Crippen LogP contribution < -0.4 is 0 Å². The van der Waals surface area contributed by atoms with E-state index in [1.807, 2.05) is 6.92 Å². The zero-order chi connectivity index (χ0) is 15.2. The minimum atomic E-state index is -0.341. The smallest absolute Gasteiger partial charge is 0.290 e. The van der Waals surface area contributed by atoms with E-state index in [1.165, 1.54) is 6.42 Å². The van der Waals surface area contributed by atoms with Gasteiger partial charge in [-0.2, -0.15) is 0 Å². The second kappa shape index (κ2) is 7.87. The molecule has 2 aliphatic rings. The number of amides is 1. The van der Waals surface area contributed by atoms with E-state index < -0.39 is 0 Å². The first-order valence-electron chi connectivity index (χ1n) is 8.16. The van der Waals surface area contributed by atoms with Crippen molar-refractivity contribution in [3.8, 4) is 0 Å². The fourth-order valence-corrected chi connectivity index (χ4v) is 3.56. The third kappa shape index (κ3) is 4.02. The zero-order valence-corrected chi connectivity index (χ0v) is 13.6. The van der Waals surface area contributed by atoms with Gasteiger partial charge in [-0.25, -0.2) is 0 Å². The second-order valence-electron chi connectivity index (χ2n) is 6.02. The van der Waals surface area contributed by atoms with Crippen LogP contribution in [0, 0.1) is 5.92 Å². The Balaban J connectivity index is 1.96. The summed E-state index contributed by atoms with van der Waals surface area (Å²) in [6, 6.07) is -0.188. The number of likely N-dealkylation sites (tertiary alicyclic amines) is 1. The van der Waals surface area contributed by atoms with Crippen molar-refractivity contribution in [2.75, 3.05) is 13.2 Å². The van der Waals surface area contributed by atoms with Crippen molar-refractivity contribution >= 4 is 29.0 Å². The van der Waals surface area contributed by atoms with Crippen LogP contribution in [0.25, 0.3) is 0 Å². The number of ether oxygens (including phenoxy) is 1.